The highest BCUT2D eigenvalue weighted by Gasteiger charge is 2.62. The molecule has 4 nitrogen and oxygen atoms in total. The molecule has 22 heavy (non-hydrogen) atoms. The van der Waals surface area contributed by atoms with E-state index < -0.39 is 29.5 Å². The summed E-state index contributed by atoms with van der Waals surface area (Å²) in [7, 11) is 0. The lowest BCUT2D eigenvalue weighted by molar-refractivity contribution is -0.191. The lowest BCUT2D eigenvalue weighted by atomic mass is 9.82. The number of hydrogen-bond acceptors (Lipinski definition) is 2. The van der Waals surface area contributed by atoms with Crippen molar-refractivity contribution in [2.75, 3.05) is 6.54 Å². The summed E-state index contributed by atoms with van der Waals surface area (Å²) in [4.78, 5) is 24.0. The summed E-state index contributed by atoms with van der Waals surface area (Å²) in [6.07, 6.45) is -4.14. The van der Waals surface area contributed by atoms with Crippen molar-refractivity contribution >= 4 is 11.9 Å². The van der Waals surface area contributed by atoms with Crippen LogP contribution in [0, 0.1) is 5.41 Å². The summed E-state index contributed by atoms with van der Waals surface area (Å²) >= 11 is 0. The third-order valence-electron chi connectivity index (χ3n) is 4.52. The van der Waals surface area contributed by atoms with E-state index in [1.165, 1.54) is 0 Å². The van der Waals surface area contributed by atoms with E-state index in [0.29, 0.717) is 16.9 Å². The first-order valence-corrected chi connectivity index (χ1v) is 6.96. The summed E-state index contributed by atoms with van der Waals surface area (Å²) < 4.78 is 38.6. The Labute approximate surface area is 124 Å². The molecule has 0 aromatic heterocycles. The summed E-state index contributed by atoms with van der Waals surface area (Å²) in [6.45, 7) is -0.116. The molecule has 1 aliphatic carbocycles. The number of carboxylic acid groups (broad SMARTS) is 1. The number of benzene rings is 1. The van der Waals surface area contributed by atoms with Crippen molar-refractivity contribution in [2.24, 2.45) is 5.41 Å². The first kappa shape index (κ1) is 14.9. The van der Waals surface area contributed by atoms with E-state index in [1.807, 2.05) is 0 Å². The van der Waals surface area contributed by atoms with Gasteiger partial charge in [-0.15, -0.1) is 0 Å². The number of nitrogens with zero attached hydrogens (tertiary/aromatic N) is 1. The highest BCUT2D eigenvalue weighted by atomic mass is 19.4. The van der Waals surface area contributed by atoms with Crippen molar-refractivity contribution in [3.05, 3.63) is 35.4 Å². The number of fused-ring (bicyclic) bond motifs is 1. The molecule has 7 heteroatoms. The number of carboxylic acids is 1. The zero-order valence-electron chi connectivity index (χ0n) is 11.6. The maximum absolute atomic E-state index is 12.9. The summed E-state index contributed by atoms with van der Waals surface area (Å²) in [5.74, 6) is -3.10. The first-order chi connectivity index (χ1) is 10.3. The minimum atomic E-state index is -5.00. The van der Waals surface area contributed by atoms with Crippen LogP contribution in [0.1, 0.15) is 30.0 Å². The van der Waals surface area contributed by atoms with Crippen LogP contribution in [0.5, 0.6) is 0 Å². The van der Waals surface area contributed by atoms with Gasteiger partial charge in [0.05, 0.1) is 11.5 Å². The van der Waals surface area contributed by atoms with Gasteiger partial charge in [0.25, 0.3) is 0 Å². The topological polar surface area (TPSA) is 57.6 Å². The molecular formula is C15H14F3NO3. The molecular weight excluding hydrogens is 299 g/mol. The standard InChI is InChI=1S/C15H14F3NO3/c16-15(17,18)12(20)19-8-5-9-3-1-2-4-10(9)11(19)14(6-7-14)13(21)22/h1-4,11H,5-8H2,(H,21,22). The maximum atomic E-state index is 12.9. The van der Waals surface area contributed by atoms with Crippen molar-refractivity contribution in [3.8, 4) is 0 Å². The van der Waals surface area contributed by atoms with Gasteiger partial charge in [-0.05, 0) is 30.4 Å². The SMILES string of the molecule is O=C(N1CCc2ccccc2C1C1(C(=O)O)CC1)C(F)(F)F. The largest absolute Gasteiger partial charge is 0.481 e. The van der Waals surface area contributed by atoms with Gasteiger partial charge in [-0.25, -0.2) is 0 Å². The number of halogens is 3. The second-order valence-electron chi connectivity index (χ2n) is 5.81. The summed E-state index contributed by atoms with van der Waals surface area (Å²) in [6, 6.07) is 5.76. The quantitative estimate of drug-likeness (QED) is 0.913. The van der Waals surface area contributed by atoms with Gasteiger partial charge in [-0.1, -0.05) is 24.3 Å². The van der Waals surface area contributed by atoms with E-state index in [-0.39, 0.29) is 19.4 Å². The zero-order chi connectivity index (χ0) is 16.1. The van der Waals surface area contributed by atoms with Gasteiger partial charge >= 0.3 is 18.1 Å². The van der Waals surface area contributed by atoms with Crippen molar-refractivity contribution in [2.45, 2.75) is 31.5 Å². The van der Waals surface area contributed by atoms with Crippen LogP contribution < -0.4 is 0 Å². The van der Waals surface area contributed by atoms with Crippen molar-refractivity contribution in [1.82, 2.24) is 4.90 Å². The second kappa shape index (κ2) is 4.72. The number of alkyl halides is 3. The van der Waals surface area contributed by atoms with Crippen LogP contribution in [-0.4, -0.2) is 34.6 Å². The van der Waals surface area contributed by atoms with Crippen molar-refractivity contribution in [3.63, 3.8) is 0 Å². The Bertz CT molecular complexity index is 637. The van der Waals surface area contributed by atoms with Crippen LogP contribution in [-0.2, 0) is 16.0 Å². The van der Waals surface area contributed by atoms with E-state index >= 15 is 0 Å². The molecule has 118 valence electrons. The minimum Gasteiger partial charge on any atom is -0.481 e. The van der Waals surface area contributed by atoms with Crippen LogP contribution in [0.3, 0.4) is 0 Å². The third-order valence-corrected chi connectivity index (χ3v) is 4.52. The lowest BCUT2D eigenvalue weighted by Crippen LogP contribution is -2.50. The number of hydrogen-bond donors (Lipinski definition) is 1. The van der Waals surface area contributed by atoms with Crippen LogP contribution in [0.25, 0.3) is 0 Å². The van der Waals surface area contributed by atoms with Gasteiger partial charge in [0.15, 0.2) is 0 Å². The number of aliphatic carboxylic acids is 1. The first-order valence-electron chi connectivity index (χ1n) is 6.96. The fourth-order valence-corrected chi connectivity index (χ4v) is 3.28. The monoisotopic (exact) mass is 313 g/mol. The lowest BCUT2D eigenvalue weighted by Gasteiger charge is -2.40. The molecule has 2 aliphatic rings. The maximum Gasteiger partial charge on any atom is 0.471 e. The second-order valence-corrected chi connectivity index (χ2v) is 5.81. The zero-order valence-corrected chi connectivity index (χ0v) is 11.6. The molecule has 1 aromatic rings. The van der Waals surface area contributed by atoms with Gasteiger partial charge in [-0.3, -0.25) is 9.59 Å². The Morgan fingerprint density at radius 1 is 1.23 bits per heavy atom. The Hall–Kier alpha value is -2.05. The van der Waals surface area contributed by atoms with Crippen molar-refractivity contribution < 1.29 is 27.9 Å². The van der Waals surface area contributed by atoms with Crippen LogP contribution in [0.15, 0.2) is 24.3 Å². The molecule has 0 radical (unpaired) electrons. The molecule has 1 atom stereocenters. The van der Waals surface area contributed by atoms with E-state index in [9.17, 15) is 27.9 Å². The molecule has 3 rings (SSSR count). The third kappa shape index (κ3) is 2.15. The predicted octanol–water partition coefficient (Wildman–Crippen LogP) is 2.54. The molecule has 0 saturated heterocycles. The highest BCUT2D eigenvalue weighted by Crippen LogP contribution is 2.59. The fraction of sp³-hybridized carbons (Fsp3) is 0.467. The molecule has 1 heterocycles. The average Bonchev–Trinajstić information content (AvgIpc) is 3.25. The van der Waals surface area contributed by atoms with Crippen LogP contribution in [0.2, 0.25) is 0 Å². The molecule has 1 unspecified atom stereocenters. The Morgan fingerprint density at radius 2 is 1.86 bits per heavy atom. The number of carbonyl (C=O) groups is 2. The Morgan fingerprint density at radius 3 is 2.41 bits per heavy atom. The van der Waals surface area contributed by atoms with Gasteiger partial charge in [0.1, 0.15) is 0 Å². The molecule has 1 N–H and O–H groups in total. The smallest absolute Gasteiger partial charge is 0.471 e. The summed E-state index contributed by atoms with van der Waals surface area (Å²) in [5, 5.41) is 9.46. The Kier molecular flexibility index (Phi) is 3.19. The van der Waals surface area contributed by atoms with Gasteiger partial charge in [-0.2, -0.15) is 13.2 Å². The number of carbonyl (C=O) groups excluding carboxylic acids is 1. The molecule has 1 aromatic carbocycles. The van der Waals surface area contributed by atoms with E-state index in [2.05, 4.69) is 0 Å². The molecule has 1 fully saturated rings. The van der Waals surface area contributed by atoms with Crippen LogP contribution >= 0.6 is 0 Å². The number of amides is 1. The van der Waals surface area contributed by atoms with E-state index in [0.717, 1.165) is 5.56 Å². The Balaban J connectivity index is 2.09. The van der Waals surface area contributed by atoms with Crippen LogP contribution in [0.4, 0.5) is 13.2 Å². The van der Waals surface area contributed by atoms with Gasteiger partial charge < -0.3 is 10.0 Å². The van der Waals surface area contributed by atoms with Crippen molar-refractivity contribution in [1.29, 1.82) is 0 Å². The molecule has 1 saturated carbocycles. The molecule has 1 amide bonds. The predicted molar refractivity (Wildman–Crippen MR) is 70.0 cm³/mol. The van der Waals surface area contributed by atoms with E-state index in [4.69, 9.17) is 0 Å². The normalized spacial score (nSPS) is 22.9. The number of rotatable bonds is 2. The fourth-order valence-electron chi connectivity index (χ4n) is 3.28. The van der Waals surface area contributed by atoms with E-state index in [1.54, 1.807) is 24.3 Å². The summed E-state index contributed by atoms with van der Waals surface area (Å²) in [5.41, 5.74) is 0.0368. The average molecular weight is 313 g/mol. The minimum absolute atomic E-state index is 0.116. The van der Waals surface area contributed by atoms with Gasteiger partial charge in [0.2, 0.25) is 0 Å². The molecule has 0 spiro atoms. The molecule has 0 bridgehead atoms. The highest BCUT2D eigenvalue weighted by molar-refractivity contribution is 5.85. The van der Waals surface area contributed by atoms with Gasteiger partial charge in [0, 0.05) is 6.54 Å². The molecule has 1 aliphatic heterocycles.